The molecule has 0 saturated heterocycles. The lowest BCUT2D eigenvalue weighted by molar-refractivity contribution is -0.178. The standard InChI is InChI=1S/C20H18F3NO/c21-20(22,23)19(25)17-11-14-6-1-2-7-15(14)12-24-10-9-13-5-3-4-8-16(13)18(17)24/h1-8,17-18H,9-12H2/t17-,18+/m0/s1. The molecule has 130 valence electrons. The normalized spacial score (nSPS) is 23.2. The number of fused-ring (bicyclic) bond motifs is 4. The summed E-state index contributed by atoms with van der Waals surface area (Å²) in [6.07, 6.45) is -3.90. The number of carbonyl (C=O) groups is 1. The first-order chi connectivity index (χ1) is 11.9. The molecule has 2 heterocycles. The van der Waals surface area contributed by atoms with E-state index in [1.54, 1.807) is 0 Å². The predicted octanol–water partition coefficient (Wildman–Crippen LogP) is 4.09. The first kappa shape index (κ1) is 16.3. The van der Waals surface area contributed by atoms with E-state index in [4.69, 9.17) is 0 Å². The van der Waals surface area contributed by atoms with Crippen molar-refractivity contribution in [3.8, 4) is 0 Å². The van der Waals surface area contributed by atoms with E-state index >= 15 is 0 Å². The smallest absolute Gasteiger partial charge is 0.291 e. The van der Waals surface area contributed by atoms with Crippen LogP contribution in [0.25, 0.3) is 0 Å². The molecule has 2 aromatic carbocycles. The van der Waals surface area contributed by atoms with E-state index in [-0.39, 0.29) is 6.42 Å². The number of hydrogen-bond acceptors (Lipinski definition) is 2. The number of Topliss-reactive ketones (excluding diaryl/α,β-unsaturated/α-hetero) is 1. The van der Waals surface area contributed by atoms with Crippen LogP contribution in [0.1, 0.15) is 28.3 Å². The second kappa shape index (κ2) is 5.99. The van der Waals surface area contributed by atoms with Gasteiger partial charge in [0.2, 0.25) is 5.78 Å². The van der Waals surface area contributed by atoms with Crippen molar-refractivity contribution >= 4 is 5.78 Å². The minimum atomic E-state index is -4.82. The van der Waals surface area contributed by atoms with Gasteiger partial charge in [-0.05, 0) is 35.1 Å². The second-order valence-corrected chi connectivity index (χ2v) is 6.81. The minimum Gasteiger partial charge on any atom is -0.291 e. The molecule has 2 aliphatic rings. The van der Waals surface area contributed by atoms with Gasteiger partial charge in [0, 0.05) is 19.1 Å². The summed E-state index contributed by atoms with van der Waals surface area (Å²) in [5.41, 5.74) is 3.78. The monoisotopic (exact) mass is 345 g/mol. The Kier molecular flexibility index (Phi) is 3.91. The van der Waals surface area contributed by atoms with Gasteiger partial charge in [0.15, 0.2) is 0 Å². The molecule has 0 N–H and O–H groups in total. The lowest BCUT2D eigenvalue weighted by atomic mass is 9.80. The van der Waals surface area contributed by atoms with E-state index in [0.29, 0.717) is 13.1 Å². The first-order valence-corrected chi connectivity index (χ1v) is 8.45. The molecule has 0 spiro atoms. The van der Waals surface area contributed by atoms with E-state index < -0.39 is 23.9 Å². The lowest BCUT2D eigenvalue weighted by Crippen LogP contribution is -2.44. The molecule has 5 heteroatoms. The third-order valence-corrected chi connectivity index (χ3v) is 5.36. The highest BCUT2D eigenvalue weighted by atomic mass is 19.4. The topological polar surface area (TPSA) is 20.3 Å². The van der Waals surface area contributed by atoms with Gasteiger partial charge in [-0.1, -0.05) is 48.5 Å². The highest BCUT2D eigenvalue weighted by molar-refractivity contribution is 5.87. The molecule has 2 aromatic rings. The Hall–Kier alpha value is -2.14. The van der Waals surface area contributed by atoms with Gasteiger partial charge in [-0.3, -0.25) is 9.69 Å². The molecular weight excluding hydrogens is 327 g/mol. The van der Waals surface area contributed by atoms with Crippen LogP contribution in [0.5, 0.6) is 0 Å². The number of alkyl halides is 3. The van der Waals surface area contributed by atoms with Crippen LogP contribution in [-0.2, 0) is 24.2 Å². The van der Waals surface area contributed by atoms with Gasteiger partial charge < -0.3 is 0 Å². The third-order valence-electron chi connectivity index (χ3n) is 5.36. The lowest BCUT2D eigenvalue weighted by Gasteiger charge is -2.39. The minimum absolute atomic E-state index is 0.129. The van der Waals surface area contributed by atoms with E-state index in [2.05, 4.69) is 0 Å². The van der Waals surface area contributed by atoms with E-state index in [1.165, 1.54) is 0 Å². The molecule has 2 aliphatic heterocycles. The summed E-state index contributed by atoms with van der Waals surface area (Å²) in [5, 5.41) is 0. The Bertz CT molecular complexity index is 815. The van der Waals surface area contributed by atoms with Gasteiger partial charge in [0.05, 0.1) is 5.92 Å². The molecule has 0 bridgehead atoms. The van der Waals surface area contributed by atoms with Crippen LogP contribution in [0.15, 0.2) is 48.5 Å². The molecule has 0 saturated carbocycles. The Morgan fingerprint density at radius 3 is 2.32 bits per heavy atom. The molecule has 4 rings (SSSR count). The fraction of sp³-hybridized carbons (Fsp3) is 0.350. The first-order valence-electron chi connectivity index (χ1n) is 8.45. The number of rotatable bonds is 1. The molecule has 2 nitrogen and oxygen atoms in total. The molecule has 0 unspecified atom stereocenters. The molecule has 0 aromatic heterocycles. The molecule has 2 atom stereocenters. The van der Waals surface area contributed by atoms with Crippen molar-refractivity contribution < 1.29 is 18.0 Å². The van der Waals surface area contributed by atoms with Crippen molar-refractivity contribution in [3.05, 3.63) is 70.8 Å². The van der Waals surface area contributed by atoms with Crippen molar-refractivity contribution in [2.75, 3.05) is 6.54 Å². The van der Waals surface area contributed by atoms with Crippen molar-refractivity contribution in [1.82, 2.24) is 4.90 Å². The van der Waals surface area contributed by atoms with Crippen LogP contribution in [0, 0.1) is 5.92 Å². The highest BCUT2D eigenvalue weighted by Gasteiger charge is 2.49. The Labute approximate surface area is 144 Å². The predicted molar refractivity (Wildman–Crippen MR) is 88.0 cm³/mol. The summed E-state index contributed by atoms with van der Waals surface area (Å²) >= 11 is 0. The molecule has 0 amide bonds. The van der Waals surface area contributed by atoms with Crippen LogP contribution in [-0.4, -0.2) is 23.4 Å². The zero-order chi connectivity index (χ0) is 17.6. The van der Waals surface area contributed by atoms with E-state index in [1.807, 2.05) is 53.4 Å². The second-order valence-electron chi connectivity index (χ2n) is 6.81. The molecular formula is C20H18F3NO. The van der Waals surface area contributed by atoms with Crippen LogP contribution in [0.3, 0.4) is 0 Å². The Balaban J connectivity index is 1.85. The maximum absolute atomic E-state index is 13.3. The Morgan fingerprint density at radius 2 is 1.60 bits per heavy atom. The maximum Gasteiger partial charge on any atom is 0.450 e. The molecule has 0 fully saturated rings. The summed E-state index contributed by atoms with van der Waals surface area (Å²) < 4.78 is 39.9. The van der Waals surface area contributed by atoms with Gasteiger partial charge in [0.1, 0.15) is 0 Å². The van der Waals surface area contributed by atoms with Gasteiger partial charge in [-0.2, -0.15) is 13.2 Å². The summed E-state index contributed by atoms with van der Waals surface area (Å²) in [7, 11) is 0. The van der Waals surface area contributed by atoms with Gasteiger partial charge in [-0.25, -0.2) is 0 Å². The van der Waals surface area contributed by atoms with Crippen LogP contribution >= 0.6 is 0 Å². The zero-order valence-corrected chi connectivity index (χ0v) is 13.6. The van der Waals surface area contributed by atoms with Crippen molar-refractivity contribution in [3.63, 3.8) is 0 Å². The highest BCUT2D eigenvalue weighted by Crippen LogP contribution is 2.43. The third kappa shape index (κ3) is 2.86. The number of nitrogens with zero attached hydrogens (tertiary/aromatic N) is 1. The average Bonchev–Trinajstić information content (AvgIpc) is 2.76. The fourth-order valence-corrected chi connectivity index (χ4v) is 4.22. The summed E-state index contributed by atoms with van der Waals surface area (Å²) in [6, 6.07) is 14.6. The van der Waals surface area contributed by atoms with Crippen LogP contribution in [0.4, 0.5) is 13.2 Å². The number of ketones is 1. The summed E-state index contributed by atoms with van der Waals surface area (Å²) in [4.78, 5) is 14.3. The van der Waals surface area contributed by atoms with E-state index in [9.17, 15) is 18.0 Å². The van der Waals surface area contributed by atoms with Crippen LogP contribution < -0.4 is 0 Å². The van der Waals surface area contributed by atoms with E-state index in [0.717, 1.165) is 28.7 Å². The van der Waals surface area contributed by atoms with Crippen LogP contribution in [0.2, 0.25) is 0 Å². The van der Waals surface area contributed by atoms with Gasteiger partial charge in [0.25, 0.3) is 0 Å². The quantitative estimate of drug-likeness (QED) is 0.776. The van der Waals surface area contributed by atoms with Crippen molar-refractivity contribution in [1.29, 1.82) is 0 Å². The largest absolute Gasteiger partial charge is 0.450 e. The van der Waals surface area contributed by atoms with Gasteiger partial charge >= 0.3 is 6.18 Å². The Morgan fingerprint density at radius 1 is 0.960 bits per heavy atom. The SMILES string of the molecule is O=C([C@H]1Cc2ccccc2CN2CCc3ccccc3[C@H]12)C(F)(F)F. The average molecular weight is 345 g/mol. The number of benzene rings is 2. The zero-order valence-electron chi connectivity index (χ0n) is 13.6. The molecule has 0 aliphatic carbocycles. The van der Waals surface area contributed by atoms with Crippen molar-refractivity contribution in [2.45, 2.75) is 31.6 Å². The number of halogens is 3. The summed E-state index contributed by atoms with van der Waals surface area (Å²) in [6.45, 7) is 1.24. The summed E-state index contributed by atoms with van der Waals surface area (Å²) in [5.74, 6) is -2.72. The molecule has 25 heavy (non-hydrogen) atoms. The van der Waals surface area contributed by atoms with Gasteiger partial charge in [-0.15, -0.1) is 0 Å². The maximum atomic E-state index is 13.3. The van der Waals surface area contributed by atoms with Crippen molar-refractivity contribution in [2.24, 2.45) is 5.92 Å². The number of hydrogen-bond donors (Lipinski definition) is 0. The number of carbonyl (C=O) groups excluding carboxylic acids is 1. The fourth-order valence-electron chi connectivity index (χ4n) is 4.22. The molecule has 0 radical (unpaired) electrons.